The predicted octanol–water partition coefficient (Wildman–Crippen LogP) is 7.20. The van der Waals surface area contributed by atoms with Crippen molar-refractivity contribution in [2.24, 2.45) is 10.8 Å². The number of nitrogens with zero attached hydrogens (tertiary/aromatic N) is 4. The Hall–Kier alpha value is -6.94. The number of pyridine rings is 2. The second-order valence-corrected chi connectivity index (χ2v) is 14.3. The van der Waals surface area contributed by atoms with Crippen molar-refractivity contribution in [3.05, 3.63) is 116 Å². The van der Waals surface area contributed by atoms with Crippen LogP contribution in [0.4, 0.5) is 0 Å². The number of hydrogen-bond donors (Lipinski definition) is 2. The SMILES string of the molecule is CC1(C(=O)O)C=Cc2nc3c4ccc5c6ccc7c(=O)n8c9c(nc8c8ccc(c%10ccc(c(=O)n3c2C=C1)c4c%105)c6c78)C=CC(C)(C(=O)O)C=C9. The van der Waals surface area contributed by atoms with Gasteiger partial charge in [0.25, 0.3) is 11.1 Å². The molecule has 2 aliphatic carbocycles. The summed E-state index contributed by atoms with van der Waals surface area (Å²) in [6.45, 7) is 3.20. The van der Waals surface area contributed by atoms with E-state index in [9.17, 15) is 29.4 Å². The second kappa shape index (κ2) is 9.04. The van der Waals surface area contributed by atoms with E-state index in [-0.39, 0.29) is 11.1 Å². The minimum absolute atomic E-state index is 0.239. The number of aromatic nitrogens is 4. The fraction of sp³-hybridized carbons (Fsp3) is 0.0952. The Bertz CT molecular complexity index is 3190. The molecule has 4 heterocycles. The minimum atomic E-state index is -1.23. The summed E-state index contributed by atoms with van der Waals surface area (Å²) in [6.07, 6.45) is 13.0. The molecule has 0 spiro atoms. The van der Waals surface area contributed by atoms with Crippen LogP contribution in [0.3, 0.4) is 0 Å². The van der Waals surface area contributed by atoms with Crippen LogP contribution in [0.2, 0.25) is 0 Å². The highest BCUT2D eigenvalue weighted by Gasteiger charge is 2.32. The maximum absolute atomic E-state index is 14.3. The standard InChI is InChI=1S/C42H24N4O6/c1-41(39(49)50)15-11-27-29(13-17-41)45-35(43-27)23-7-3-19-22-6-10-26-34-24(8-4-20(32(22)34)21-5-9-25(37(45)47)33(23)31(19)21)36-44-28-12-16-42(2,40(51)52)18-14-30(28)46(36)38(26)48/h3-18H,1-2H3,(H,49,50)(H,51,52). The van der Waals surface area contributed by atoms with Crippen LogP contribution in [0, 0.1) is 10.8 Å². The monoisotopic (exact) mass is 680 g/mol. The average Bonchev–Trinajstić information content (AvgIpc) is 3.59. The maximum Gasteiger partial charge on any atom is 0.317 e. The van der Waals surface area contributed by atoms with Gasteiger partial charge in [0.15, 0.2) is 0 Å². The van der Waals surface area contributed by atoms with Crippen molar-refractivity contribution in [2.45, 2.75) is 13.8 Å². The average molecular weight is 681 g/mol. The molecule has 0 bridgehead atoms. The summed E-state index contributed by atoms with van der Waals surface area (Å²) in [4.78, 5) is 62.4. The molecule has 2 unspecified atom stereocenters. The smallest absolute Gasteiger partial charge is 0.317 e. The summed E-state index contributed by atoms with van der Waals surface area (Å²) in [6, 6.07) is 15.7. The number of carboxylic acids is 2. The van der Waals surface area contributed by atoms with Gasteiger partial charge in [-0.2, -0.15) is 0 Å². The van der Waals surface area contributed by atoms with Gasteiger partial charge in [-0.05, 0) is 94.7 Å². The molecule has 0 amide bonds. The number of aliphatic carboxylic acids is 2. The lowest BCUT2D eigenvalue weighted by molar-refractivity contribution is -0.143. The van der Waals surface area contributed by atoms with Gasteiger partial charge >= 0.3 is 11.9 Å². The van der Waals surface area contributed by atoms with Gasteiger partial charge < -0.3 is 10.2 Å². The molecule has 4 aromatic heterocycles. The van der Waals surface area contributed by atoms with Gasteiger partial charge in [0, 0.05) is 32.3 Å². The summed E-state index contributed by atoms with van der Waals surface area (Å²) in [5.74, 6) is -1.99. The number of imidazole rings is 2. The van der Waals surface area contributed by atoms with Crippen molar-refractivity contribution in [3.63, 3.8) is 0 Å². The van der Waals surface area contributed by atoms with E-state index in [2.05, 4.69) is 0 Å². The Labute approximate surface area is 291 Å². The molecule has 10 heteroatoms. The van der Waals surface area contributed by atoms with Crippen molar-refractivity contribution in [3.8, 4) is 0 Å². The van der Waals surface area contributed by atoms with Gasteiger partial charge in [-0.1, -0.05) is 48.6 Å². The van der Waals surface area contributed by atoms with Crippen molar-refractivity contribution in [2.75, 3.05) is 0 Å². The van der Waals surface area contributed by atoms with Crippen LogP contribution >= 0.6 is 0 Å². The van der Waals surface area contributed by atoms with E-state index in [1.807, 2.05) is 48.5 Å². The number of rotatable bonds is 2. The van der Waals surface area contributed by atoms with Crippen molar-refractivity contribution in [1.82, 2.24) is 18.8 Å². The lowest BCUT2D eigenvalue weighted by atomic mass is 9.86. The number of hydrogen-bond acceptors (Lipinski definition) is 6. The molecule has 2 N–H and O–H groups in total. The van der Waals surface area contributed by atoms with Gasteiger partial charge in [0.1, 0.15) is 22.1 Å². The highest BCUT2D eigenvalue weighted by Crippen LogP contribution is 2.46. The van der Waals surface area contributed by atoms with E-state index < -0.39 is 22.8 Å². The number of fused-ring (bicyclic) bond motifs is 10. The maximum atomic E-state index is 14.3. The first-order valence-corrected chi connectivity index (χ1v) is 16.8. The second-order valence-electron chi connectivity index (χ2n) is 14.3. The Balaban J connectivity index is 1.23. The van der Waals surface area contributed by atoms with Gasteiger partial charge in [0.2, 0.25) is 0 Å². The molecule has 5 aromatic carbocycles. The minimum Gasteiger partial charge on any atom is -0.480 e. The van der Waals surface area contributed by atoms with Gasteiger partial charge in [-0.25, -0.2) is 9.97 Å². The van der Waals surface area contributed by atoms with Crippen LogP contribution in [0.15, 0.2) is 82.4 Å². The highest BCUT2D eigenvalue weighted by atomic mass is 16.4. The molecule has 2 aliphatic rings. The first-order valence-electron chi connectivity index (χ1n) is 16.8. The van der Waals surface area contributed by atoms with E-state index in [1.54, 1.807) is 71.3 Å². The largest absolute Gasteiger partial charge is 0.480 e. The van der Waals surface area contributed by atoms with E-state index in [0.717, 1.165) is 53.9 Å². The third-order valence-electron chi connectivity index (χ3n) is 11.4. The zero-order valence-corrected chi connectivity index (χ0v) is 27.6. The van der Waals surface area contributed by atoms with Crippen LogP contribution in [-0.2, 0) is 9.59 Å². The molecule has 248 valence electrons. The molecule has 0 aliphatic heterocycles. The molecule has 9 aromatic rings. The van der Waals surface area contributed by atoms with Crippen LogP contribution in [0.25, 0.3) is 100 Å². The first-order chi connectivity index (χ1) is 25.0. The molecule has 0 saturated heterocycles. The molecular formula is C42H24N4O6. The van der Waals surface area contributed by atoms with Gasteiger partial charge in [0.05, 0.1) is 22.8 Å². The summed E-state index contributed by atoms with van der Waals surface area (Å²) in [5, 5.41) is 29.5. The van der Waals surface area contributed by atoms with E-state index in [4.69, 9.17) is 9.97 Å². The third-order valence-corrected chi connectivity index (χ3v) is 11.4. The molecule has 2 atom stereocenters. The van der Waals surface area contributed by atoms with Crippen LogP contribution in [0.5, 0.6) is 0 Å². The van der Waals surface area contributed by atoms with Crippen LogP contribution in [0.1, 0.15) is 36.6 Å². The summed E-state index contributed by atoms with van der Waals surface area (Å²) in [5.41, 5.74) is 0.175. The Morgan fingerprint density at radius 1 is 0.500 bits per heavy atom. The van der Waals surface area contributed by atoms with E-state index >= 15 is 0 Å². The predicted molar refractivity (Wildman–Crippen MR) is 203 cm³/mol. The fourth-order valence-electron chi connectivity index (χ4n) is 8.50. The summed E-state index contributed by atoms with van der Waals surface area (Å²) in [7, 11) is 0. The third kappa shape index (κ3) is 3.25. The van der Waals surface area contributed by atoms with Gasteiger partial charge in [-0.15, -0.1) is 0 Å². The van der Waals surface area contributed by atoms with Crippen molar-refractivity contribution < 1.29 is 19.8 Å². The normalized spacial score (nSPS) is 20.0. The Morgan fingerprint density at radius 3 is 1.17 bits per heavy atom. The quantitative estimate of drug-likeness (QED) is 0.144. The first kappa shape index (κ1) is 28.9. The van der Waals surface area contributed by atoms with Gasteiger partial charge in [-0.3, -0.25) is 28.0 Å². The zero-order valence-electron chi connectivity index (χ0n) is 27.6. The number of benzene rings is 5. The Kier molecular flexibility index (Phi) is 5.02. The molecular weight excluding hydrogens is 656 g/mol. The zero-order chi connectivity index (χ0) is 35.6. The molecule has 0 saturated carbocycles. The van der Waals surface area contributed by atoms with Crippen molar-refractivity contribution >= 4 is 112 Å². The molecule has 11 rings (SSSR count). The van der Waals surface area contributed by atoms with Crippen LogP contribution < -0.4 is 11.1 Å². The van der Waals surface area contributed by atoms with Crippen molar-refractivity contribution in [1.29, 1.82) is 0 Å². The topological polar surface area (TPSA) is 143 Å². The number of carbonyl (C=O) groups is 2. The lowest BCUT2D eigenvalue weighted by Gasteiger charge is -2.18. The summed E-state index contributed by atoms with van der Waals surface area (Å²) >= 11 is 0. The molecule has 10 nitrogen and oxygen atoms in total. The Morgan fingerprint density at radius 2 is 0.808 bits per heavy atom. The molecule has 0 radical (unpaired) electrons. The fourth-order valence-corrected chi connectivity index (χ4v) is 8.50. The molecule has 0 fully saturated rings. The van der Waals surface area contributed by atoms with Crippen LogP contribution in [-0.4, -0.2) is 40.9 Å². The molecule has 52 heavy (non-hydrogen) atoms. The number of carboxylic acid groups (broad SMARTS) is 2. The lowest BCUT2D eigenvalue weighted by Crippen LogP contribution is -2.22. The van der Waals surface area contributed by atoms with E-state index in [0.29, 0.717) is 44.8 Å². The highest BCUT2D eigenvalue weighted by molar-refractivity contribution is 6.40. The summed E-state index contributed by atoms with van der Waals surface area (Å²) < 4.78 is 3.15. The van der Waals surface area contributed by atoms with E-state index in [1.165, 1.54) is 0 Å².